The van der Waals surface area contributed by atoms with Gasteiger partial charge in [0.05, 0.1) is 12.2 Å². The number of carbonyl (C=O) groups excluding carboxylic acids is 3. The Morgan fingerprint density at radius 1 is 1.00 bits per heavy atom. The van der Waals surface area contributed by atoms with E-state index in [1.807, 2.05) is 13.8 Å². The Labute approximate surface area is 187 Å². The molecule has 0 bridgehead atoms. The number of anilines is 2. The number of rotatable bonds is 6. The highest BCUT2D eigenvalue weighted by Gasteiger charge is 2.23. The van der Waals surface area contributed by atoms with Gasteiger partial charge in [-0.2, -0.15) is 0 Å². The zero-order valence-electron chi connectivity index (χ0n) is 18.6. The molecule has 9 nitrogen and oxygen atoms in total. The van der Waals surface area contributed by atoms with Crippen molar-refractivity contribution in [1.82, 2.24) is 15.2 Å². The molecule has 0 spiro atoms. The zero-order chi connectivity index (χ0) is 23.1. The molecule has 1 aromatic carbocycles. The highest BCUT2D eigenvalue weighted by molar-refractivity contribution is 5.95. The molecule has 1 fully saturated rings. The van der Waals surface area contributed by atoms with Crippen LogP contribution >= 0.6 is 0 Å². The summed E-state index contributed by atoms with van der Waals surface area (Å²) in [6.07, 6.45) is 1.52. The summed E-state index contributed by atoms with van der Waals surface area (Å²) in [7, 11) is 0. The number of urea groups is 1. The number of carbonyl (C=O) groups is 3. The van der Waals surface area contributed by atoms with Gasteiger partial charge in [-0.3, -0.25) is 4.79 Å². The van der Waals surface area contributed by atoms with Crippen LogP contribution in [0.3, 0.4) is 0 Å². The third-order valence-corrected chi connectivity index (χ3v) is 4.96. The predicted octanol–water partition coefficient (Wildman–Crippen LogP) is 2.75. The summed E-state index contributed by atoms with van der Waals surface area (Å²) in [5, 5.41) is 5.50. The quantitative estimate of drug-likeness (QED) is 0.671. The van der Waals surface area contributed by atoms with Gasteiger partial charge in [0.25, 0.3) is 5.91 Å². The van der Waals surface area contributed by atoms with Gasteiger partial charge in [0, 0.05) is 49.7 Å². The van der Waals surface area contributed by atoms with E-state index in [1.54, 1.807) is 48.2 Å². The largest absolute Gasteiger partial charge is 0.462 e. The molecule has 32 heavy (non-hydrogen) atoms. The van der Waals surface area contributed by atoms with Gasteiger partial charge >= 0.3 is 12.0 Å². The van der Waals surface area contributed by atoms with Crippen LogP contribution in [0.2, 0.25) is 0 Å². The maximum Gasteiger partial charge on any atom is 0.339 e. The van der Waals surface area contributed by atoms with Crippen LogP contribution in [-0.2, 0) is 4.74 Å². The van der Waals surface area contributed by atoms with Gasteiger partial charge in [-0.15, -0.1) is 0 Å². The van der Waals surface area contributed by atoms with E-state index >= 15 is 0 Å². The smallest absolute Gasteiger partial charge is 0.339 e. The van der Waals surface area contributed by atoms with Gasteiger partial charge in [0.15, 0.2) is 0 Å². The maximum atomic E-state index is 12.8. The zero-order valence-corrected chi connectivity index (χ0v) is 18.6. The average Bonchev–Trinajstić information content (AvgIpc) is 2.79. The molecule has 1 saturated heterocycles. The summed E-state index contributed by atoms with van der Waals surface area (Å²) in [5.74, 6) is 0.331. The molecule has 1 aliphatic heterocycles. The Balaban J connectivity index is 1.53. The Bertz CT molecular complexity index is 936. The summed E-state index contributed by atoms with van der Waals surface area (Å²) in [5.41, 5.74) is 1.62. The van der Waals surface area contributed by atoms with E-state index in [0.717, 1.165) is 5.82 Å². The number of nitrogens with one attached hydrogen (secondary N) is 2. The van der Waals surface area contributed by atoms with Gasteiger partial charge in [0.2, 0.25) is 0 Å². The highest BCUT2D eigenvalue weighted by Crippen LogP contribution is 2.17. The Morgan fingerprint density at radius 2 is 1.66 bits per heavy atom. The summed E-state index contributed by atoms with van der Waals surface area (Å²) >= 11 is 0. The second kappa shape index (κ2) is 10.6. The fourth-order valence-electron chi connectivity index (χ4n) is 3.36. The van der Waals surface area contributed by atoms with Crippen molar-refractivity contribution in [3.8, 4) is 0 Å². The molecule has 1 aromatic heterocycles. The first-order valence-corrected chi connectivity index (χ1v) is 10.7. The van der Waals surface area contributed by atoms with Crippen molar-refractivity contribution in [3.05, 3.63) is 53.7 Å². The number of aromatic nitrogens is 1. The SMILES string of the molecule is CCOC(=O)c1ccc(N2CCN(C(=O)c3ccc(NC(=O)NC(C)C)cc3)CC2)nc1. The van der Waals surface area contributed by atoms with Gasteiger partial charge in [0.1, 0.15) is 5.82 Å². The average molecular weight is 440 g/mol. The van der Waals surface area contributed by atoms with Gasteiger partial charge < -0.3 is 25.2 Å². The molecule has 0 unspecified atom stereocenters. The third kappa shape index (κ3) is 5.96. The van der Waals surface area contributed by atoms with E-state index < -0.39 is 0 Å². The lowest BCUT2D eigenvalue weighted by Crippen LogP contribution is -2.49. The van der Waals surface area contributed by atoms with Crippen molar-refractivity contribution in [3.63, 3.8) is 0 Å². The minimum atomic E-state index is -0.385. The lowest BCUT2D eigenvalue weighted by atomic mass is 10.1. The van der Waals surface area contributed by atoms with Gasteiger partial charge in [-0.25, -0.2) is 14.6 Å². The topological polar surface area (TPSA) is 104 Å². The molecular weight excluding hydrogens is 410 g/mol. The summed E-state index contributed by atoms with van der Waals surface area (Å²) in [4.78, 5) is 44.6. The minimum Gasteiger partial charge on any atom is -0.462 e. The molecule has 3 amide bonds. The molecule has 0 atom stereocenters. The van der Waals surface area contributed by atoms with Crippen LogP contribution in [0, 0.1) is 0 Å². The van der Waals surface area contributed by atoms with Crippen LogP contribution in [0.15, 0.2) is 42.6 Å². The normalized spacial score (nSPS) is 13.6. The van der Waals surface area contributed by atoms with Crippen LogP contribution in [0.4, 0.5) is 16.3 Å². The minimum absolute atomic E-state index is 0.0419. The third-order valence-electron chi connectivity index (χ3n) is 4.96. The maximum absolute atomic E-state index is 12.8. The molecule has 0 saturated carbocycles. The van der Waals surface area contributed by atoms with Crippen molar-refractivity contribution in [1.29, 1.82) is 0 Å². The molecule has 0 radical (unpaired) electrons. The molecule has 1 aliphatic rings. The van der Waals surface area contributed by atoms with Crippen LogP contribution in [0.5, 0.6) is 0 Å². The number of esters is 1. The number of benzene rings is 1. The fraction of sp³-hybridized carbons (Fsp3) is 0.391. The van der Waals surface area contributed by atoms with E-state index in [1.165, 1.54) is 6.20 Å². The molecule has 9 heteroatoms. The molecule has 2 N–H and O–H groups in total. The Hall–Kier alpha value is -3.62. The van der Waals surface area contributed by atoms with Gasteiger partial charge in [-0.05, 0) is 57.2 Å². The second-order valence-corrected chi connectivity index (χ2v) is 7.74. The van der Waals surface area contributed by atoms with E-state index in [-0.39, 0.29) is 23.9 Å². The standard InChI is InChI=1S/C23H29N5O4/c1-4-32-22(30)18-7-10-20(24-15-18)27-11-13-28(14-12-27)21(29)17-5-8-19(9-6-17)26-23(31)25-16(2)3/h5-10,15-16H,4,11-14H2,1-3H3,(H2,25,26,31). The second-order valence-electron chi connectivity index (χ2n) is 7.74. The predicted molar refractivity (Wildman–Crippen MR) is 122 cm³/mol. The summed E-state index contributed by atoms with van der Waals surface area (Å²) in [6.45, 7) is 8.28. The number of pyridine rings is 1. The first-order chi connectivity index (χ1) is 15.4. The van der Waals surface area contributed by atoms with Gasteiger partial charge in [-0.1, -0.05) is 0 Å². The van der Waals surface area contributed by atoms with Crippen LogP contribution < -0.4 is 15.5 Å². The Morgan fingerprint density at radius 3 is 2.22 bits per heavy atom. The van der Waals surface area contributed by atoms with Crippen molar-refractivity contribution < 1.29 is 19.1 Å². The van der Waals surface area contributed by atoms with E-state index in [0.29, 0.717) is 49.6 Å². The van der Waals surface area contributed by atoms with Crippen LogP contribution in [0.1, 0.15) is 41.5 Å². The number of piperazine rings is 1. The van der Waals surface area contributed by atoms with Crippen molar-refractivity contribution in [2.75, 3.05) is 43.0 Å². The molecule has 170 valence electrons. The number of amides is 3. The van der Waals surface area contributed by atoms with E-state index in [9.17, 15) is 14.4 Å². The molecular formula is C23H29N5O4. The highest BCUT2D eigenvalue weighted by atomic mass is 16.5. The fourth-order valence-corrected chi connectivity index (χ4v) is 3.36. The Kier molecular flexibility index (Phi) is 7.64. The molecule has 0 aliphatic carbocycles. The monoisotopic (exact) mass is 439 g/mol. The van der Waals surface area contributed by atoms with Crippen molar-refractivity contribution in [2.24, 2.45) is 0 Å². The number of ether oxygens (including phenoxy) is 1. The van der Waals surface area contributed by atoms with E-state index in [4.69, 9.17) is 4.74 Å². The number of hydrogen-bond donors (Lipinski definition) is 2. The number of nitrogens with zero attached hydrogens (tertiary/aromatic N) is 3. The lowest BCUT2D eigenvalue weighted by molar-refractivity contribution is 0.0525. The van der Waals surface area contributed by atoms with E-state index in [2.05, 4.69) is 20.5 Å². The van der Waals surface area contributed by atoms with Crippen molar-refractivity contribution >= 4 is 29.4 Å². The number of hydrogen-bond acceptors (Lipinski definition) is 6. The lowest BCUT2D eigenvalue weighted by Gasteiger charge is -2.35. The first-order valence-electron chi connectivity index (χ1n) is 10.7. The molecule has 2 heterocycles. The first kappa shape index (κ1) is 23.1. The molecule has 2 aromatic rings. The van der Waals surface area contributed by atoms with Crippen LogP contribution in [-0.4, -0.2) is 66.6 Å². The van der Waals surface area contributed by atoms with Crippen LogP contribution in [0.25, 0.3) is 0 Å². The molecule has 3 rings (SSSR count). The van der Waals surface area contributed by atoms with Crippen molar-refractivity contribution in [2.45, 2.75) is 26.8 Å². The summed E-state index contributed by atoms with van der Waals surface area (Å²) < 4.78 is 4.98. The summed E-state index contributed by atoms with van der Waals surface area (Å²) in [6, 6.07) is 10.1.